The first-order chi connectivity index (χ1) is 14.2. The van der Waals surface area contributed by atoms with Gasteiger partial charge in [-0.25, -0.2) is 0 Å². The summed E-state index contributed by atoms with van der Waals surface area (Å²) in [6.45, 7) is 4.76. The van der Waals surface area contributed by atoms with Crippen LogP contribution in [-0.4, -0.2) is 29.8 Å². The Kier molecular flexibility index (Phi) is 4.97. The smallest absolute Gasteiger partial charge is 0.165 e. The van der Waals surface area contributed by atoms with E-state index in [9.17, 15) is 4.79 Å². The van der Waals surface area contributed by atoms with Crippen molar-refractivity contribution >= 4 is 16.6 Å². The van der Waals surface area contributed by atoms with E-state index in [1.807, 2.05) is 12.1 Å². The molecule has 5 rings (SSSR count). The highest BCUT2D eigenvalue weighted by Crippen LogP contribution is 2.34. The van der Waals surface area contributed by atoms with Gasteiger partial charge in [0, 0.05) is 24.1 Å². The van der Waals surface area contributed by atoms with Crippen molar-refractivity contribution in [2.45, 2.75) is 45.1 Å². The fourth-order valence-electron chi connectivity index (χ4n) is 4.66. The second-order valence-corrected chi connectivity index (χ2v) is 8.89. The molecule has 0 radical (unpaired) electrons. The van der Waals surface area contributed by atoms with Crippen LogP contribution in [0.5, 0.6) is 0 Å². The van der Waals surface area contributed by atoms with Crippen molar-refractivity contribution in [2.24, 2.45) is 5.92 Å². The molecule has 2 aliphatic rings. The predicted molar refractivity (Wildman–Crippen MR) is 120 cm³/mol. The molecule has 1 heterocycles. The molecule has 1 atom stereocenters. The minimum atomic E-state index is 0.267. The Morgan fingerprint density at radius 1 is 0.931 bits per heavy atom. The second kappa shape index (κ2) is 7.76. The van der Waals surface area contributed by atoms with Crippen molar-refractivity contribution in [3.05, 3.63) is 71.8 Å². The molecule has 29 heavy (non-hydrogen) atoms. The molecule has 2 nitrogen and oxygen atoms in total. The molecule has 0 unspecified atom stereocenters. The van der Waals surface area contributed by atoms with E-state index in [1.165, 1.54) is 41.3 Å². The van der Waals surface area contributed by atoms with Crippen molar-refractivity contribution in [1.29, 1.82) is 0 Å². The Bertz CT molecular complexity index is 1050. The molecular weight excluding hydrogens is 354 g/mol. The number of Topliss-reactive ketones (excluding diaryl/α,β-unsaturated/α-hetero) is 1. The molecule has 1 saturated carbocycles. The minimum absolute atomic E-state index is 0.267. The molecule has 1 saturated heterocycles. The van der Waals surface area contributed by atoms with Gasteiger partial charge < -0.3 is 4.90 Å². The van der Waals surface area contributed by atoms with Crippen LogP contribution in [0.4, 0.5) is 0 Å². The summed E-state index contributed by atoms with van der Waals surface area (Å²) in [7, 11) is 0. The van der Waals surface area contributed by atoms with Gasteiger partial charge in [-0.1, -0.05) is 48.5 Å². The summed E-state index contributed by atoms with van der Waals surface area (Å²) in [4.78, 5) is 15.0. The van der Waals surface area contributed by atoms with Crippen LogP contribution < -0.4 is 0 Å². The zero-order chi connectivity index (χ0) is 19.8. The summed E-state index contributed by atoms with van der Waals surface area (Å²) in [6, 6.07) is 22.4. The molecule has 0 N–H and O–H groups in total. The highest BCUT2D eigenvalue weighted by atomic mass is 16.1. The number of nitrogens with zero attached hydrogens (tertiary/aromatic N) is 1. The van der Waals surface area contributed by atoms with Crippen LogP contribution in [0.2, 0.25) is 0 Å². The third-order valence-electron chi connectivity index (χ3n) is 6.71. The van der Waals surface area contributed by atoms with Gasteiger partial charge in [0.15, 0.2) is 5.78 Å². The van der Waals surface area contributed by atoms with Gasteiger partial charge >= 0.3 is 0 Å². The molecule has 0 amide bonds. The zero-order valence-electron chi connectivity index (χ0n) is 17.2. The Morgan fingerprint density at radius 2 is 1.72 bits per heavy atom. The first-order valence-corrected chi connectivity index (χ1v) is 11.1. The number of fused-ring (bicyclic) bond motifs is 1. The second-order valence-electron chi connectivity index (χ2n) is 8.89. The molecule has 3 aromatic carbocycles. The first kappa shape index (κ1) is 18.6. The van der Waals surface area contributed by atoms with Crippen molar-refractivity contribution < 1.29 is 4.79 Å². The van der Waals surface area contributed by atoms with Gasteiger partial charge in [0.25, 0.3) is 0 Å². The molecule has 148 valence electrons. The number of hydrogen-bond acceptors (Lipinski definition) is 2. The molecular formula is C27H29NO. The Balaban J connectivity index is 1.35. The predicted octanol–water partition coefficient (Wildman–Crippen LogP) is 6.13. The van der Waals surface area contributed by atoms with Gasteiger partial charge in [0.05, 0.1) is 0 Å². The van der Waals surface area contributed by atoms with Gasteiger partial charge in [-0.05, 0) is 85.2 Å². The Labute approximate surface area is 173 Å². The molecule has 1 aliphatic carbocycles. The van der Waals surface area contributed by atoms with Crippen LogP contribution in [-0.2, 0) is 6.42 Å². The quantitative estimate of drug-likeness (QED) is 0.478. The maximum Gasteiger partial charge on any atom is 0.165 e. The maximum absolute atomic E-state index is 12.4. The van der Waals surface area contributed by atoms with Crippen LogP contribution in [0.3, 0.4) is 0 Å². The first-order valence-electron chi connectivity index (χ1n) is 11.1. The largest absolute Gasteiger partial charge is 0.300 e. The van der Waals surface area contributed by atoms with Gasteiger partial charge in [-0.15, -0.1) is 0 Å². The Morgan fingerprint density at radius 3 is 2.52 bits per heavy atom. The maximum atomic E-state index is 12.4. The van der Waals surface area contributed by atoms with E-state index in [4.69, 9.17) is 0 Å². The van der Waals surface area contributed by atoms with E-state index in [-0.39, 0.29) is 5.92 Å². The number of benzene rings is 3. The van der Waals surface area contributed by atoms with Crippen molar-refractivity contribution in [3.63, 3.8) is 0 Å². The topological polar surface area (TPSA) is 20.3 Å². The molecule has 0 aromatic heterocycles. The van der Waals surface area contributed by atoms with Gasteiger partial charge in [-0.3, -0.25) is 4.79 Å². The van der Waals surface area contributed by atoms with E-state index < -0.39 is 0 Å². The molecule has 0 spiro atoms. The zero-order valence-corrected chi connectivity index (χ0v) is 17.2. The summed E-state index contributed by atoms with van der Waals surface area (Å²) in [5.41, 5.74) is 4.59. The summed E-state index contributed by atoms with van der Waals surface area (Å²) in [5.74, 6) is 0.577. The van der Waals surface area contributed by atoms with E-state index in [0.29, 0.717) is 5.78 Å². The molecule has 1 aliphatic heterocycles. The fourth-order valence-corrected chi connectivity index (χ4v) is 4.66. The molecule has 2 fully saturated rings. The number of carbonyl (C=O) groups is 1. The van der Waals surface area contributed by atoms with E-state index >= 15 is 0 Å². The number of ketones is 1. The summed E-state index contributed by atoms with van der Waals surface area (Å²) in [6.07, 6.45) is 5.91. The number of likely N-dealkylation sites (tertiary alicyclic amines) is 1. The number of hydrogen-bond donors (Lipinski definition) is 0. The van der Waals surface area contributed by atoms with Crippen LogP contribution in [0, 0.1) is 5.92 Å². The lowest BCUT2D eigenvalue weighted by molar-refractivity contribution is 0.0967. The Hall–Kier alpha value is -2.45. The third-order valence-corrected chi connectivity index (χ3v) is 6.71. The van der Waals surface area contributed by atoms with Crippen LogP contribution >= 0.6 is 0 Å². The van der Waals surface area contributed by atoms with Crippen molar-refractivity contribution in [1.82, 2.24) is 4.90 Å². The molecule has 0 bridgehead atoms. The van der Waals surface area contributed by atoms with Gasteiger partial charge in [0.2, 0.25) is 0 Å². The summed E-state index contributed by atoms with van der Waals surface area (Å²) < 4.78 is 0. The lowest BCUT2D eigenvalue weighted by Gasteiger charge is -2.20. The summed E-state index contributed by atoms with van der Waals surface area (Å²) in [5, 5.41) is 2.56. The lowest BCUT2D eigenvalue weighted by Crippen LogP contribution is -2.28. The van der Waals surface area contributed by atoms with Crippen LogP contribution in [0.25, 0.3) is 21.9 Å². The third kappa shape index (κ3) is 4.00. The normalized spacial score (nSPS) is 19.7. The number of carbonyl (C=O) groups excluding carboxylic acids is 1. The monoisotopic (exact) mass is 383 g/mol. The molecule has 2 heteroatoms. The van der Waals surface area contributed by atoms with Crippen molar-refractivity contribution in [2.75, 3.05) is 13.1 Å². The SMILES string of the molecule is C[C@@H]1CCCN1CCc1ccc2cc(-c3cccc(C(=O)C4CC4)c3)ccc2c1. The van der Waals surface area contributed by atoms with Gasteiger partial charge in [-0.2, -0.15) is 0 Å². The standard InChI is InChI=1S/C27H29NO/c1-19-4-3-14-28(19)15-13-20-7-8-24-17-25(12-11-23(24)16-20)22-5-2-6-26(18-22)27(29)21-9-10-21/h2,5-8,11-12,16-19,21H,3-4,9-10,13-15H2,1H3/t19-/m1/s1. The van der Waals surface area contributed by atoms with Gasteiger partial charge in [0.1, 0.15) is 0 Å². The average Bonchev–Trinajstić information content (AvgIpc) is 3.53. The highest BCUT2D eigenvalue weighted by molar-refractivity contribution is 6.00. The van der Waals surface area contributed by atoms with E-state index in [0.717, 1.165) is 43.0 Å². The average molecular weight is 384 g/mol. The fraction of sp³-hybridized carbons (Fsp3) is 0.370. The number of rotatable bonds is 6. The summed E-state index contributed by atoms with van der Waals surface area (Å²) >= 11 is 0. The van der Waals surface area contributed by atoms with Crippen LogP contribution in [0.15, 0.2) is 60.7 Å². The highest BCUT2D eigenvalue weighted by Gasteiger charge is 2.30. The minimum Gasteiger partial charge on any atom is -0.300 e. The van der Waals surface area contributed by atoms with Crippen LogP contribution in [0.1, 0.15) is 48.5 Å². The van der Waals surface area contributed by atoms with E-state index in [2.05, 4.69) is 60.4 Å². The van der Waals surface area contributed by atoms with E-state index in [1.54, 1.807) is 0 Å². The van der Waals surface area contributed by atoms with Crippen molar-refractivity contribution in [3.8, 4) is 11.1 Å². The lowest BCUT2D eigenvalue weighted by atomic mass is 9.97. The molecule has 3 aromatic rings.